The van der Waals surface area contributed by atoms with Crippen LogP contribution in [0.1, 0.15) is 37.2 Å². The van der Waals surface area contributed by atoms with E-state index in [1.165, 1.54) is 5.56 Å². The van der Waals surface area contributed by atoms with Gasteiger partial charge in [0.25, 0.3) is 0 Å². The summed E-state index contributed by atoms with van der Waals surface area (Å²) in [5.41, 5.74) is 1.35. The van der Waals surface area contributed by atoms with Crippen molar-refractivity contribution in [1.29, 1.82) is 0 Å². The van der Waals surface area contributed by atoms with Crippen LogP contribution in [-0.4, -0.2) is 23.5 Å². The van der Waals surface area contributed by atoms with Crippen LogP contribution < -0.4 is 5.32 Å². The molecule has 1 fully saturated rings. The zero-order valence-electron chi connectivity index (χ0n) is 10.8. The first-order valence-electron chi connectivity index (χ1n) is 6.68. The number of rotatable bonds is 6. The van der Waals surface area contributed by atoms with E-state index in [0.29, 0.717) is 18.3 Å². The van der Waals surface area contributed by atoms with Crippen molar-refractivity contribution in [3.8, 4) is 0 Å². The van der Waals surface area contributed by atoms with Crippen LogP contribution in [0.5, 0.6) is 0 Å². The van der Waals surface area contributed by atoms with Gasteiger partial charge in [-0.3, -0.25) is 9.59 Å². The highest BCUT2D eigenvalue weighted by atomic mass is 16.4. The summed E-state index contributed by atoms with van der Waals surface area (Å²) in [6.45, 7) is 0.225. The quantitative estimate of drug-likeness (QED) is 0.824. The van der Waals surface area contributed by atoms with Crippen LogP contribution in [0, 0.1) is 5.92 Å². The predicted octanol–water partition coefficient (Wildman–Crippen LogP) is 2.16. The smallest absolute Gasteiger partial charge is 0.305 e. The number of benzene rings is 1. The van der Waals surface area contributed by atoms with Crippen LogP contribution in [0.15, 0.2) is 30.3 Å². The van der Waals surface area contributed by atoms with Crippen LogP contribution in [0.2, 0.25) is 0 Å². The normalized spacial score (nSPS) is 21.5. The van der Waals surface area contributed by atoms with E-state index in [1.54, 1.807) is 0 Å². The molecule has 4 heteroatoms. The molecule has 0 saturated heterocycles. The Hall–Kier alpha value is -1.84. The van der Waals surface area contributed by atoms with Gasteiger partial charge in [-0.05, 0) is 30.2 Å². The van der Waals surface area contributed by atoms with E-state index < -0.39 is 5.97 Å². The molecule has 0 spiro atoms. The summed E-state index contributed by atoms with van der Waals surface area (Å²) in [5.74, 6) is 0.110. The van der Waals surface area contributed by atoms with Crippen LogP contribution in [0.4, 0.5) is 0 Å². The monoisotopic (exact) mass is 261 g/mol. The van der Waals surface area contributed by atoms with Crippen molar-refractivity contribution in [2.24, 2.45) is 5.92 Å². The molecule has 19 heavy (non-hydrogen) atoms. The average molecular weight is 261 g/mol. The molecule has 1 aromatic rings. The maximum atomic E-state index is 11.6. The second kappa shape index (κ2) is 6.36. The molecule has 0 aliphatic heterocycles. The first-order chi connectivity index (χ1) is 9.15. The number of hydrogen-bond acceptors (Lipinski definition) is 2. The molecule has 2 N–H and O–H groups in total. The molecule has 4 nitrogen and oxygen atoms in total. The Morgan fingerprint density at radius 2 is 1.89 bits per heavy atom. The highest BCUT2D eigenvalue weighted by Crippen LogP contribution is 2.43. The number of hydrogen-bond donors (Lipinski definition) is 2. The Morgan fingerprint density at radius 3 is 2.53 bits per heavy atom. The van der Waals surface area contributed by atoms with Crippen LogP contribution in [0.25, 0.3) is 0 Å². The number of amides is 1. The summed E-state index contributed by atoms with van der Waals surface area (Å²) in [6, 6.07) is 10.4. The average Bonchev–Trinajstić information content (AvgIpc) is 2.34. The summed E-state index contributed by atoms with van der Waals surface area (Å²) in [4.78, 5) is 21.9. The molecule has 0 atom stereocenters. The molecule has 1 amide bonds. The van der Waals surface area contributed by atoms with Crippen molar-refractivity contribution >= 4 is 11.9 Å². The van der Waals surface area contributed by atoms with Crippen LogP contribution in [0.3, 0.4) is 0 Å². The number of carboxylic acid groups (broad SMARTS) is 1. The van der Waals surface area contributed by atoms with E-state index in [0.717, 1.165) is 12.8 Å². The minimum absolute atomic E-state index is 0.0109. The third-order valence-electron chi connectivity index (χ3n) is 3.64. The zero-order chi connectivity index (χ0) is 13.7. The Labute approximate surface area is 112 Å². The lowest BCUT2D eigenvalue weighted by atomic mass is 9.70. The van der Waals surface area contributed by atoms with Crippen molar-refractivity contribution in [3.63, 3.8) is 0 Å². The molecular weight excluding hydrogens is 242 g/mol. The summed E-state index contributed by atoms with van der Waals surface area (Å²) in [5, 5.41) is 11.1. The maximum absolute atomic E-state index is 11.6. The summed E-state index contributed by atoms with van der Waals surface area (Å²) < 4.78 is 0. The van der Waals surface area contributed by atoms with Crippen LogP contribution >= 0.6 is 0 Å². The minimum atomic E-state index is -0.881. The van der Waals surface area contributed by atoms with Gasteiger partial charge < -0.3 is 10.4 Å². The molecule has 1 aliphatic carbocycles. The number of aliphatic carboxylic acids is 1. The van der Waals surface area contributed by atoms with Crippen LogP contribution in [-0.2, 0) is 9.59 Å². The molecular formula is C15H19NO3. The van der Waals surface area contributed by atoms with Gasteiger partial charge in [0, 0.05) is 13.0 Å². The highest BCUT2D eigenvalue weighted by Gasteiger charge is 2.31. The molecule has 1 aliphatic rings. The molecule has 0 unspecified atom stereocenters. The van der Waals surface area contributed by atoms with Crippen molar-refractivity contribution in [1.82, 2.24) is 5.32 Å². The fourth-order valence-electron chi connectivity index (χ4n) is 2.54. The van der Waals surface area contributed by atoms with Gasteiger partial charge in [0.2, 0.25) is 5.91 Å². The fraction of sp³-hybridized carbons (Fsp3) is 0.467. The van der Waals surface area contributed by atoms with Crippen molar-refractivity contribution < 1.29 is 14.7 Å². The van der Waals surface area contributed by atoms with Gasteiger partial charge >= 0.3 is 5.97 Å². The lowest BCUT2D eigenvalue weighted by Crippen LogP contribution is -2.31. The molecule has 1 saturated carbocycles. The van der Waals surface area contributed by atoms with E-state index in [2.05, 4.69) is 17.4 Å². The minimum Gasteiger partial charge on any atom is -0.481 e. The molecule has 0 heterocycles. The number of carboxylic acids is 1. The van der Waals surface area contributed by atoms with Gasteiger partial charge in [-0.2, -0.15) is 0 Å². The predicted molar refractivity (Wildman–Crippen MR) is 71.8 cm³/mol. The van der Waals surface area contributed by atoms with Crippen molar-refractivity contribution in [3.05, 3.63) is 35.9 Å². The highest BCUT2D eigenvalue weighted by molar-refractivity contribution is 5.77. The molecule has 1 aromatic carbocycles. The Morgan fingerprint density at radius 1 is 1.21 bits per heavy atom. The van der Waals surface area contributed by atoms with Crippen molar-refractivity contribution in [2.45, 2.75) is 31.6 Å². The van der Waals surface area contributed by atoms with Gasteiger partial charge in [0.15, 0.2) is 0 Å². The third kappa shape index (κ3) is 4.09. The van der Waals surface area contributed by atoms with Gasteiger partial charge in [0.1, 0.15) is 0 Å². The van der Waals surface area contributed by atoms with E-state index in [1.807, 2.05) is 18.2 Å². The number of nitrogens with one attached hydrogen (secondary N) is 1. The van der Waals surface area contributed by atoms with E-state index in [4.69, 9.17) is 5.11 Å². The van der Waals surface area contributed by atoms with Gasteiger partial charge in [-0.1, -0.05) is 30.3 Å². The van der Waals surface area contributed by atoms with Gasteiger partial charge in [-0.15, -0.1) is 0 Å². The van der Waals surface area contributed by atoms with E-state index in [9.17, 15) is 9.59 Å². The Kier molecular flexibility index (Phi) is 4.55. The first kappa shape index (κ1) is 13.6. The standard InChI is InChI=1S/C15H19NO3/c17-14(16-7-6-15(18)19)10-11-8-13(9-11)12-4-2-1-3-5-12/h1-5,11,13H,6-10H2,(H,16,17)(H,18,19). The fourth-order valence-corrected chi connectivity index (χ4v) is 2.54. The lowest BCUT2D eigenvalue weighted by molar-refractivity contribution is -0.136. The molecule has 0 aromatic heterocycles. The maximum Gasteiger partial charge on any atom is 0.305 e. The van der Waals surface area contributed by atoms with Crippen molar-refractivity contribution in [2.75, 3.05) is 6.54 Å². The molecule has 0 radical (unpaired) electrons. The summed E-state index contributed by atoms with van der Waals surface area (Å²) >= 11 is 0. The number of carbonyl (C=O) groups is 2. The molecule has 2 rings (SSSR count). The van der Waals surface area contributed by atoms with E-state index >= 15 is 0 Å². The Bertz CT molecular complexity index is 438. The largest absolute Gasteiger partial charge is 0.481 e. The first-order valence-corrected chi connectivity index (χ1v) is 6.68. The van der Waals surface area contributed by atoms with Gasteiger partial charge in [0.05, 0.1) is 6.42 Å². The third-order valence-corrected chi connectivity index (χ3v) is 3.64. The Balaban J connectivity index is 1.65. The molecule has 102 valence electrons. The zero-order valence-corrected chi connectivity index (χ0v) is 10.8. The van der Waals surface area contributed by atoms with Gasteiger partial charge in [-0.25, -0.2) is 0 Å². The summed E-state index contributed by atoms with van der Waals surface area (Å²) in [7, 11) is 0. The summed E-state index contributed by atoms with van der Waals surface area (Å²) in [6.07, 6.45) is 2.61. The molecule has 0 bridgehead atoms. The number of carbonyl (C=O) groups excluding carboxylic acids is 1. The SMILES string of the molecule is O=C(O)CCNC(=O)CC1CC(c2ccccc2)C1. The topological polar surface area (TPSA) is 66.4 Å². The van der Waals surface area contributed by atoms with E-state index in [-0.39, 0.29) is 18.9 Å². The second-order valence-electron chi connectivity index (χ2n) is 5.14. The second-order valence-corrected chi connectivity index (χ2v) is 5.14. The lowest BCUT2D eigenvalue weighted by Gasteiger charge is -2.35.